The topological polar surface area (TPSA) is 29.1 Å². The lowest BCUT2D eigenvalue weighted by atomic mass is 9.74. The van der Waals surface area contributed by atoms with Crippen molar-refractivity contribution in [2.24, 2.45) is 0 Å². The fourth-order valence-corrected chi connectivity index (χ4v) is 3.57. The molecule has 0 radical (unpaired) electrons. The van der Waals surface area contributed by atoms with Crippen LogP contribution in [-0.2, 0) is 5.41 Å². The normalized spacial score (nSPS) is 12.9. The van der Waals surface area contributed by atoms with E-state index in [1.165, 1.54) is 11.1 Å². The summed E-state index contributed by atoms with van der Waals surface area (Å²) in [6.07, 6.45) is 4.56. The fraction of sp³-hybridized carbons (Fsp3) is 0.115. The summed E-state index contributed by atoms with van der Waals surface area (Å²) in [4.78, 5) is 10.9. The molecule has 0 aliphatic carbocycles. The Morgan fingerprint density at radius 1 is 0.786 bits per heavy atom. The number of carbonyl (C=O) groups is 1. The van der Waals surface area contributed by atoms with Crippen LogP contribution >= 0.6 is 0 Å². The van der Waals surface area contributed by atoms with Crippen LogP contribution in [-0.4, -0.2) is 6.29 Å². The molecule has 0 saturated heterocycles. The van der Waals surface area contributed by atoms with E-state index in [1.54, 1.807) is 0 Å². The van der Waals surface area contributed by atoms with Gasteiger partial charge in [0.25, 0.3) is 0 Å². The molecule has 2 nitrogen and oxygen atoms in total. The molecule has 4 rings (SSSR count). The average Bonchev–Trinajstić information content (AvgIpc) is 2.74. The highest BCUT2D eigenvalue weighted by Gasteiger charge is 2.32. The van der Waals surface area contributed by atoms with Gasteiger partial charge in [0.2, 0.25) is 0 Å². The number of nitrogens with one attached hydrogen (secondary N) is 1. The molecule has 0 amide bonds. The number of hydrogen-bond donors (Lipinski definition) is 1. The van der Waals surface area contributed by atoms with Gasteiger partial charge in [-0.05, 0) is 46.5 Å². The molecule has 0 aromatic heterocycles. The molecule has 0 bridgehead atoms. The van der Waals surface area contributed by atoms with Gasteiger partial charge in [-0.15, -0.1) is 0 Å². The molecule has 2 heteroatoms. The largest absolute Gasteiger partial charge is 0.355 e. The zero-order chi connectivity index (χ0) is 20.1. The van der Waals surface area contributed by atoms with E-state index in [0.29, 0.717) is 0 Å². The van der Waals surface area contributed by atoms with E-state index in [1.807, 2.05) is 60.7 Å². The number of para-hydroxylation sites is 1. The first-order chi connectivity index (χ1) is 13.5. The van der Waals surface area contributed by atoms with Crippen LogP contribution in [0.4, 0.5) is 11.4 Å². The van der Waals surface area contributed by atoms with Crippen molar-refractivity contribution in [2.75, 3.05) is 5.32 Å². The Balaban J connectivity index is 0.000000192. The van der Waals surface area contributed by atoms with E-state index in [-0.39, 0.29) is 5.41 Å². The van der Waals surface area contributed by atoms with E-state index in [0.717, 1.165) is 34.4 Å². The molecule has 3 aromatic carbocycles. The van der Waals surface area contributed by atoms with Gasteiger partial charge >= 0.3 is 0 Å². The van der Waals surface area contributed by atoms with Crippen LogP contribution in [0.5, 0.6) is 0 Å². The summed E-state index contributed by atoms with van der Waals surface area (Å²) >= 11 is 0. The molecule has 1 heterocycles. The molecule has 1 N–H and O–H groups in total. The Bertz CT molecular complexity index is 1000. The van der Waals surface area contributed by atoms with Crippen molar-refractivity contribution < 1.29 is 4.79 Å². The molecule has 0 unspecified atom stereocenters. The molecular weight excluding hydrogens is 342 g/mol. The number of fused-ring (bicyclic) bond motifs is 2. The van der Waals surface area contributed by atoms with Gasteiger partial charge in [0.05, 0.1) is 0 Å². The second-order valence-electron chi connectivity index (χ2n) is 7.26. The zero-order valence-electron chi connectivity index (χ0n) is 16.4. The first kappa shape index (κ1) is 19.4. The van der Waals surface area contributed by atoms with E-state index in [9.17, 15) is 4.79 Å². The summed E-state index contributed by atoms with van der Waals surface area (Å²) in [6, 6.07) is 22.1. The molecule has 28 heavy (non-hydrogen) atoms. The maximum absolute atomic E-state index is 10.9. The highest BCUT2D eigenvalue weighted by atomic mass is 16.1. The molecule has 0 atom stereocenters. The molecule has 1 aliphatic heterocycles. The van der Waals surface area contributed by atoms with Crippen molar-refractivity contribution in [2.45, 2.75) is 19.3 Å². The van der Waals surface area contributed by atoms with Crippen LogP contribution in [0.2, 0.25) is 0 Å². The van der Waals surface area contributed by atoms with Gasteiger partial charge in [0.15, 0.2) is 0 Å². The maximum Gasteiger partial charge on any atom is 0.150 e. The summed E-state index contributed by atoms with van der Waals surface area (Å²) in [6.45, 7) is 11.8. The molecule has 0 saturated carbocycles. The quantitative estimate of drug-likeness (QED) is 0.513. The van der Waals surface area contributed by atoms with Gasteiger partial charge in [-0.1, -0.05) is 81.6 Å². The van der Waals surface area contributed by atoms with Crippen LogP contribution in [0.1, 0.15) is 46.5 Å². The highest BCUT2D eigenvalue weighted by Crippen LogP contribution is 2.45. The van der Waals surface area contributed by atoms with Crippen molar-refractivity contribution in [3.05, 3.63) is 108 Å². The van der Waals surface area contributed by atoms with Crippen molar-refractivity contribution in [3.8, 4) is 0 Å². The lowest BCUT2D eigenvalue weighted by molar-refractivity contribution is 0.112. The Labute approximate surface area is 167 Å². The Hall–Kier alpha value is -3.39. The second-order valence-corrected chi connectivity index (χ2v) is 7.26. The van der Waals surface area contributed by atoms with E-state index >= 15 is 0 Å². The minimum Gasteiger partial charge on any atom is -0.355 e. The van der Waals surface area contributed by atoms with Crippen LogP contribution in [0.15, 0.2) is 79.9 Å². The van der Waals surface area contributed by atoms with Crippen LogP contribution < -0.4 is 5.32 Å². The fourth-order valence-electron chi connectivity index (χ4n) is 3.57. The predicted octanol–water partition coefficient (Wildman–Crippen LogP) is 6.85. The second kappa shape index (κ2) is 8.10. The highest BCUT2D eigenvalue weighted by molar-refractivity contribution is 5.81. The van der Waals surface area contributed by atoms with E-state index in [4.69, 9.17) is 0 Å². The average molecular weight is 367 g/mol. The third-order valence-corrected chi connectivity index (χ3v) is 5.16. The lowest BCUT2D eigenvalue weighted by Gasteiger charge is -2.35. The minimum absolute atomic E-state index is 0.0871. The Morgan fingerprint density at radius 3 is 1.96 bits per heavy atom. The predicted molar refractivity (Wildman–Crippen MR) is 120 cm³/mol. The first-order valence-corrected chi connectivity index (χ1v) is 9.31. The number of rotatable bonds is 3. The third kappa shape index (κ3) is 3.67. The molecule has 3 aromatic rings. The molecule has 140 valence electrons. The van der Waals surface area contributed by atoms with E-state index in [2.05, 4.69) is 50.5 Å². The van der Waals surface area contributed by atoms with Crippen LogP contribution in [0, 0.1) is 0 Å². The van der Waals surface area contributed by atoms with Crippen molar-refractivity contribution in [1.82, 2.24) is 0 Å². The molecule has 1 aliphatic rings. The smallest absolute Gasteiger partial charge is 0.150 e. The van der Waals surface area contributed by atoms with Gasteiger partial charge < -0.3 is 5.32 Å². The first-order valence-electron chi connectivity index (χ1n) is 9.31. The monoisotopic (exact) mass is 367 g/mol. The van der Waals surface area contributed by atoms with Crippen molar-refractivity contribution >= 4 is 29.8 Å². The summed E-state index contributed by atoms with van der Waals surface area (Å²) in [5, 5.41) is 3.43. The standard InChI is InChI=1S/C16H15NO.C10H10/c1-16(2)12-5-3-4-6-14(12)17-15-8-7-11(10-18)9-13(15)16;1-3-9-7-5-6-8-10(9)4-2/h3-10,17H,1-2H3;3-8H,1-2H2. The van der Waals surface area contributed by atoms with Gasteiger partial charge in [0, 0.05) is 22.4 Å². The number of aldehydes is 1. The summed E-state index contributed by atoms with van der Waals surface area (Å²) in [7, 11) is 0. The lowest BCUT2D eigenvalue weighted by Crippen LogP contribution is -2.26. The number of anilines is 2. The summed E-state index contributed by atoms with van der Waals surface area (Å²) in [5.74, 6) is 0. The van der Waals surface area contributed by atoms with Crippen molar-refractivity contribution in [1.29, 1.82) is 0 Å². The van der Waals surface area contributed by atoms with Gasteiger partial charge in [-0.25, -0.2) is 0 Å². The Morgan fingerprint density at radius 2 is 1.36 bits per heavy atom. The third-order valence-electron chi connectivity index (χ3n) is 5.16. The SMILES string of the molecule is C=Cc1ccccc1C=C.CC1(C)c2ccccc2Nc2ccc(C=O)cc21. The van der Waals surface area contributed by atoms with Crippen molar-refractivity contribution in [3.63, 3.8) is 0 Å². The molecular formula is C26H25NO. The van der Waals surface area contributed by atoms with E-state index < -0.39 is 0 Å². The van der Waals surface area contributed by atoms with Crippen LogP contribution in [0.25, 0.3) is 12.2 Å². The van der Waals surface area contributed by atoms with Gasteiger partial charge in [0.1, 0.15) is 6.29 Å². The Kier molecular flexibility index (Phi) is 5.60. The van der Waals surface area contributed by atoms with Gasteiger partial charge in [-0.3, -0.25) is 4.79 Å². The summed E-state index contributed by atoms with van der Waals surface area (Å²) in [5.41, 5.74) is 7.58. The zero-order valence-corrected chi connectivity index (χ0v) is 16.4. The number of hydrogen-bond acceptors (Lipinski definition) is 2. The maximum atomic E-state index is 10.9. The number of carbonyl (C=O) groups excluding carboxylic acids is 1. The number of benzene rings is 3. The minimum atomic E-state index is -0.0871. The summed E-state index contributed by atoms with van der Waals surface area (Å²) < 4.78 is 0. The van der Waals surface area contributed by atoms with Gasteiger partial charge in [-0.2, -0.15) is 0 Å². The van der Waals surface area contributed by atoms with Crippen LogP contribution in [0.3, 0.4) is 0 Å². The molecule has 0 spiro atoms. The molecule has 0 fully saturated rings.